The number of fused-ring (bicyclic) bond motifs is 1. The molecular weight excluding hydrogens is 314 g/mol. The lowest BCUT2D eigenvalue weighted by Crippen LogP contribution is -2.41. The van der Waals surface area contributed by atoms with Crippen molar-refractivity contribution in [2.75, 3.05) is 10.8 Å². The summed E-state index contributed by atoms with van der Waals surface area (Å²) in [5.74, 6) is 0.844. The van der Waals surface area contributed by atoms with E-state index in [9.17, 15) is 8.42 Å². The van der Waals surface area contributed by atoms with Crippen molar-refractivity contribution < 1.29 is 8.42 Å². The fourth-order valence-electron chi connectivity index (χ4n) is 2.94. The van der Waals surface area contributed by atoms with E-state index in [1.165, 1.54) is 4.31 Å². The Balaban J connectivity index is 1.98. The summed E-state index contributed by atoms with van der Waals surface area (Å²) in [6.07, 6.45) is 5.33. The predicted molar refractivity (Wildman–Crippen MR) is 87.8 cm³/mol. The van der Waals surface area contributed by atoms with Gasteiger partial charge in [-0.05, 0) is 19.3 Å². The molecule has 2 aromatic heterocycles. The van der Waals surface area contributed by atoms with Gasteiger partial charge in [-0.25, -0.2) is 17.4 Å². The summed E-state index contributed by atoms with van der Waals surface area (Å²) in [6, 6.07) is 1.75. The standard InChI is InChI=1S/C15H23N5O2S/c1-4-5-8-18-11-14(13(3)17-18)23(21,22)20-10-12(2)9-19-15(20)6-7-16-19/h6-7,11-12H,4-5,8-10H2,1-3H3. The maximum atomic E-state index is 13.1. The van der Waals surface area contributed by atoms with Crippen molar-refractivity contribution in [2.45, 2.75) is 51.6 Å². The molecule has 0 saturated heterocycles. The van der Waals surface area contributed by atoms with Gasteiger partial charge in [-0.3, -0.25) is 4.68 Å². The second-order valence-electron chi connectivity index (χ2n) is 6.21. The number of rotatable bonds is 5. The fourth-order valence-corrected chi connectivity index (χ4v) is 4.69. The van der Waals surface area contributed by atoms with E-state index in [0.717, 1.165) is 25.9 Å². The van der Waals surface area contributed by atoms with Gasteiger partial charge in [0.05, 0.1) is 11.9 Å². The third-order valence-corrected chi connectivity index (χ3v) is 5.99. The monoisotopic (exact) mass is 337 g/mol. The van der Waals surface area contributed by atoms with Crippen molar-refractivity contribution in [1.82, 2.24) is 19.6 Å². The normalized spacial score (nSPS) is 18.2. The zero-order valence-electron chi connectivity index (χ0n) is 13.8. The first kappa shape index (κ1) is 16.0. The predicted octanol–water partition coefficient (Wildman–Crippen LogP) is 2.03. The Morgan fingerprint density at radius 2 is 2.13 bits per heavy atom. The fraction of sp³-hybridized carbons (Fsp3) is 0.600. The molecular formula is C15H23N5O2S. The van der Waals surface area contributed by atoms with E-state index in [-0.39, 0.29) is 10.8 Å². The van der Waals surface area contributed by atoms with Crippen LogP contribution in [-0.2, 0) is 23.1 Å². The van der Waals surface area contributed by atoms with E-state index in [0.29, 0.717) is 18.1 Å². The highest BCUT2D eigenvalue weighted by molar-refractivity contribution is 7.92. The van der Waals surface area contributed by atoms with Crippen molar-refractivity contribution in [1.29, 1.82) is 0 Å². The van der Waals surface area contributed by atoms with Crippen molar-refractivity contribution in [3.63, 3.8) is 0 Å². The molecule has 0 bridgehead atoms. The molecule has 0 radical (unpaired) electrons. The lowest BCUT2D eigenvalue weighted by atomic mass is 10.1. The van der Waals surface area contributed by atoms with Gasteiger partial charge in [0.1, 0.15) is 10.7 Å². The number of anilines is 1. The number of aromatic nitrogens is 4. The summed E-state index contributed by atoms with van der Waals surface area (Å²) in [5.41, 5.74) is 0.547. The second-order valence-corrected chi connectivity index (χ2v) is 8.04. The first-order chi connectivity index (χ1) is 10.9. The van der Waals surface area contributed by atoms with Gasteiger partial charge in [0.15, 0.2) is 0 Å². The van der Waals surface area contributed by atoms with Gasteiger partial charge in [-0.1, -0.05) is 20.3 Å². The number of sulfonamides is 1. The molecule has 0 amide bonds. The van der Waals surface area contributed by atoms with E-state index in [2.05, 4.69) is 17.1 Å². The van der Waals surface area contributed by atoms with Crippen LogP contribution in [0, 0.1) is 12.8 Å². The molecule has 3 heterocycles. The number of unbranched alkanes of at least 4 members (excludes halogenated alkanes) is 1. The summed E-state index contributed by atoms with van der Waals surface area (Å²) < 4.78 is 31.2. The second kappa shape index (κ2) is 5.99. The van der Waals surface area contributed by atoms with Gasteiger partial charge < -0.3 is 0 Å². The van der Waals surface area contributed by atoms with Crippen LogP contribution in [0.4, 0.5) is 5.82 Å². The highest BCUT2D eigenvalue weighted by atomic mass is 32.2. The van der Waals surface area contributed by atoms with Crippen LogP contribution in [0.5, 0.6) is 0 Å². The summed E-state index contributed by atoms with van der Waals surface area (Å²) in [6.45, 7) is 7.83. The number of hydrogen-bond donors (Lipinski definition) is 0. The lowest BCUT2D eigenvalue weighted by Gasteiger charge is -2.32. The Bertz CT molecular complexity index is 793. The topological polar surface area (TPSA) is 73.0 Å². The molecule has 0 aromatic carbocycles. The van der Waals surface area contributed by atoms with Crippen molar-refractivity contribution in [3.8, 4) is 0 Å². The van der Waals surface area contributed by atoms with Gasteiger partial charge >= 0.3 is 0 Å². The minimum atomic E-state index is -3.62. The zero-order valence-corrected chi connectivity index (χ0v) is 14.6. The molecule has 0 fully saturated rings. The van der Waals surface area contributed by atoms with E-state index in [4.69, 9.17) is 0 Å². The Morgan fingerprint density at radius 3 is 2.87 bits per heavy atom. The number of aryl methyl sites for hydroxylation is 2. The van der Waals surface area contributed by atoms with Gasteiger partial charge in [0.25, 0.3) is 10.0 Å². The van der Waals surface area contributed by atoms with Crippen LogP contribution in [0.1, 0.15) is 32.4 Å². The van der Waals surface area contributed by atoms with Gasteiger partial charge in [-0.15, -0.1) is 0 Å². The van der Waals surface area contributed by atoms with Crippen LogP contribution >= 0.6 is 0 Å². The van der Waals surface area contributed by atoms with Gasteiger partial charge in [0, 0.05) is 31.9 Å². The SMILES string of the molecule is CCCCn1cc(S(=O)(=O)N2CC(C)Cn3nccc32)c(C)n1. The Labute approximate surface area is 137 Å². The van der Waals surface area contributed by atoms with Crippen LogP contribution in [0.2, 0.25) is 0 Å². The van der Waals surface area contributed by atoms with E-state index >= 15 is 0 Å². The highest BCUT2D eigenvalue weighted by Gasteiger charge is 2.34. The molecule has 1 aliphatic heterocycles. The Morgan fingerprint density at radius 1 is 1.35 bits per heavy atom. The maximum Gasteiger partial charge on any atom is 0.268 e. The first-order valence-corrected chi connectivity index (χ1v) is 9.46. The maximum absolute atomic E-state index is 13.1. The molecule has 23 heavy (non-hydrogen) atoms. The lowest BCUT2D eigenvalue weighted by molar-refractivity contribution is 0.425. The van der Waals surface area contributed by atoms with Crippen molar-refractivity contribution >= 4 is 15.8 Å². The molecule has 2 aromatic rings. The largest absolute Gasteiger partial charge is 0.271 e. The zero-order chi connectivity index (χ0) is 16.6. The van der Waals surface area contributed by atoms with Crippen LogP contribution in [-0.4, -0.2) is 34.5 Å². The molecule has 126 valence electrons. The molecule has 0 aliphatic carbocycles. The molecule has 0 saturated carbocycles. The minimum Gasteiger partial charge on any atom is -0.271 e. The summed E-state index contributed by atoms with van der Waals surface area (Å²) in [4.78, 5) is 0.287. The molecule has 7 nitrogen and oxygen atoms in total. The molecule has 1 aliphatic rings. The van der Waals surface area contributed by atoms with Gasteiger partial charge in [0.2, 0.25) is 0 Å². The molecule has 3 rings (SSSR count). The van der Waals surface area contributed by atoms with E-state index < -0.39 is 10.0 Å². The average Bonchev–Trinajstić information content (AvgIpc) is 3.10. The minimum absolute atomic E-state index is 0.215. The molecule has 1 unspecified atom stereocenters. The van der Waals surface area contributed by atoms with Crippen LogP contribution < -0.4 is 4.31 Å². The van der Waals surface area contributed by atoms with Crippen molar-refractivity contribution in [3.05, 3.63) is 24.2 Å². The smallest absolute Gasteiger partial charge is 0.268 e. The third-order valence-electron chi connectivity index (χ3n) is 4.12. The van der Waals surface area contributed by atoms with E-state index in [1.54, 1.807) is 34.7 Å². The number of nitrogens with zero attached hydrogens (tertiary/aromatic N) is 5. The summed E-state index contributed by atoms with van der Waals surface area (Å²) in [5, 5.41) is 8.58. The van der Waals surface area contributed by atoms with E-state index in [1.807, 2.05) is 6.92 Å². The quantitative estimate of drug-likeness (QED) is 0.837. The van der Waals surface area contributed by atoms with Gasteiger partial charge in [-0.2, -0.15) is 10.2 Å². The summed E-state index contributed by atoms with van der Waals surface area (Å²) in [7, 11) is -3.62. The molecule has 0 N–H and O–H groups in total. The summed E-state index contributed by atoms with van der Waals surface area (Å²) >= 11 is 0. The molecule has 8 heteroatoms. The number of hydrogen-bond acceptors (Lipinski definition) is 4. The first-order valence-electron chi connectivity index (χ1n) is 8.02. The third kappa shape index (κ3) is 2.87. The highest BCUT2D eigenvalue weighted by Crippen LogP contribution is 2.30. The van der Waals surface area contributed by atoms with Crippen LogP contribution in [0.3, 0.4) is 0 Å². The Kier molecular flexibility index (Phi) is 4.18. The van der Waals surface area contributed by atoms with Crippen LogP contribution in [0.25, 0.3) is 0 Å². The molecule has 1 atom stereocenters. The average molecular weight is 337 g/mol. The van der Waals surface area contributed by atoms with Crippen molar-refractivity contribution in [2.24, 2.45) is 5.92 Å². The molecule has 0 spiro atoms. The Hall–Kier alpha value is -1.83. The van der Waals surface area contributed by atoms with Crippen LogP contribution in [0.15, 0.2) is 23.4 Å².